The third-order valence-corrected chi connectivity index (χ3v) is 5.39. The number of ether oxygens (including phenoxy) is 1. The van der Waals surface area contributed by atoms with E-state index in [4.69, 9.17) is 4.74 Å². The molecule has 0 aromatic heterocycles. The van der Waals surface area contributed by atoms with Crippen LogP contribution in [0.3, 0.4) is 0 Å². The maximum atomic E-state index is 12.7. The second-order valence-corrected chi connectivity index (χ2v) is 6.78. The van der Waals surface area contributed by atoms with Crippen molar-refractivity contribution in [2.24, 2.45) is 17.8 Å². The van der Waals surface area contributed by atoms with E-state index in [1.54, 1.807) is 0 Å². The summed E-state index contributed by atoms with van der Waals surface area (Å²) in [5, 5.41) is 0. The van der Waals surface area contributed by atoms with Crippen LogP contribution in [-0.2, 0) is 14.3 Å². The van der Waals surface area contributed by atoms with Gasteiger partial charge in [0.05, 0.1) is 5.92 Å². The van der Waals surface area contributed by atoms with E-state index < -0.39 is 0 Å². The van der Waals surface area contributed by atoms with E-state index in [0.717, 1.165) is 31.6 Å². The van der Waals surface area contributed by atoms with Gasteiger partial charge >= 0.3 is 0 Å². The highest BCUT2D eigenvalue weighted by atomic mass is 16.5. The second-order valence-electron chi connectivity index (χ2n) is 6.78. The Morgan fingerprint density at radius 3 is 2.48 bits per heavy atom. The Morgan fingerprint density at radius 2 is 1.78 bits per heavy atom. The summed E-state index contributed by atoms with van der Waals surface area (Å²) in [7, 11) is 0. The van der Waals surface area contributed by atoms with Crippen molar-refractivity contribution >= 4 is 17.5 Å². The molecule has 5 heteroatoms. The summed E-state index contributed by atoms with van der Waals surface area (Å²) in [4.78, 5) is 29.1. The number of benzene rings is 1. The summed E-state index contributed by atoms with van der Waals surface area (Å²) in [6.07, 6.45) is 1.63. The Hall–Kier alpha value is -1.88. The van der Waals surface area contributed by atoms with Gasteiger partial charge in [0.25, 0.3) is 0 Å². The number of para-hydroxylation sites is 1. The maximum Gasteiger partial charge on any atom is 0.232 e. The molecule has 0 spiro atoms. The van der Waals surface area contributed by atoms with E-state index in [9.17, 15) is 9.59 Å². The summed E-state index contributed by atoms with van der Waals surface area (Å²) >= 11 is 0. The summed E-state index contributed by atoms with van der Waals surface area (Å²) in [5.74, 6) is 0.721. The van der Waals surface area contributed by atoms with Crippen molar-refractivity contribution in [1.29, 1.82) is 0 Å². The third-order valence-electron chi connectivity index (χ3n) is 5.39. The van der Waals surface area contributed by atoms with Crippen molar-refractivity contribution in [2.45, 2.75) is 12.8 Å². The lowest BCUT2D eigenvalue weighted by Gasteiger charge is -2.27. The fourth-order valence-corrected chi connectivity index (χ4v) is 4.08. The van der Waals surface area contributed by atoms with Gasteiger partial charge in [-0.2, -0.15) is 0 Å². The van der Waals surface area contributed by atoms with Crippen molar-refractivity contribution in [3.63, 3.8) is 0 Å². The van der Waals surface area contributed by atoms with Crippen LogP contribution in [0.5, 0.6) is 0 Å². The average molecular weight is 314 g/mol. The summed E-state index contributed by atoms with van der Waals surface area (Å²) in [5.41, 5.74) is 0.967. The number of hydrogen-bond donors (Lipinski definition) is 0. The molecule has 0 radical (unpaired) electrons. The molecule has 23 heavy (non-hydrogen) atoms. The molecule has 2 atom stereocenters. The van der Waals surface area contributed by atoms with Crippen LogP contribution in [-0.4, -0.2) is 49.6 Å². The van der Waals surface area contributed by atoms with Crippen molar-refractivity contribution in [1.82, 2.24) is 4.90 Å². The lowest BCUT2D eigenvalue weighted by atomic mass is 9.99. The number of carbonyl (C=O) groups excluding carboxylic acids is 2. The minimum Gasteiger partial charge on any atom is -0.381 e. The Balaban J connectivity index is 1.42. The smallest absolute Gasteiger partial charge is 0.232 e. The summed E-state index contributed by atoms with van der Waals surface area (Å²) < 4.78 is 5.34. The summed E-state index contributed by atoms with van der Waals surface area (Å²) in [6.45, 7) is 3.39. The highest BCUT2D eigenvalue weighted by Gasteiger charge is 2.48. The van der Waals surface area contributed by atoms with Crippen LogP contribution < -0.4 is 4.90 Å². The molecule has 1 aromatic rings. The summed E-state index contributed by atoms with van der Waals surface area (Å²) in [6, 6.07) is 9.82. The first-order valence-electron chi connectivity index (χ1n) is 8.47. The molecule has 3 aliphatic heterocycles. The van der Waals surface area contributed by atoms with E-state index in [1.807, 2.05) is 40.1 Å². The quantitative estimate of drug-likeness (QED) is 0.832. The Labute approximate surface area is 136 Å². The van der Waals surface area contributed by atoms with Crippen LogP contribution >= 0.6 is 0 Å². The molecule has 4 rings (SSSR count). The molecule has 3 heterocycles. The number of rotatable bonds is 2. The number of amides is 2. The number of anilines is 1. The predicted octanol–water partition coefficient (Wildman–Crippen LogP) is 1.53. The van der Waals surface area contributed by atoms with Crippen LogP contribution in [0.25, 0.3) is 0 Å². The van der Waals surface area contributed by atoms with Crippen molar-refractivity contribution in [3.05, 3.63) is 30.3 Å². The predicted molar refractivity (Wildman–Crippen MR) is 85.9 cm³/mol. The van der Waals surface area contributed by atoms with E-state index in [0.29, 0.717) is 19.8 Å². The lowest BCUT2D eigenvalue weighted by Crippen LogP contribution is -2.40. The molecule has 0 aliphatic carbocycles. The van der Waals surface area contributed by atoms with E-state index in [-0.39, 0.29) is 29.6 Å². The minimum atomic E-state index is -0.0287. The molecule has 3 saturated heterocycles. The first-order chi connectivity index (χ1) is 11.2. The number of carbonyl (C=O) groups is 2. The SMILES string of the molecule is O=C(C1CCOCC1)N1C[C@@H]2CN(c3ccccc3)C(=O)[C@H]2C1. The molecule has 0 saturated carbocycles. The minimum absolute atomic E-state index is 0.0287. The second kappa shape index (κ2) is 5.96. The van der Waals surface area contributed by atoms with Gasteiger partial charge in [0.1, 0.15) is 0 Å². The standard InChI is InChI=1S/C18H22N2O3/c21-17(13-6-8-23-9-7-13)19-10-14-11-20(18(22)16(14)12-19)15-4-2-1-3-5-15/h1-5,13-14,16H,6-12H2/t14-,16+/m1/s1. The van der Waals surface area contributed by atoms with Gasteiger partial charge in [-0.1, -0.05) is 18.2 Å². The van der Waals surface area contributed by atoms with Crippen molar-refractivity contribution in [2.75, 3.05) is 37.7 Å². The molecule has 3 aliphatic rings. The van der Waals surface area contributed by atoms with Gasteiger partial charge in [-0.15, -0.1) is 0 Å². The van der Waals surface area contributed by atoms with Gasteiger partial charge < -0.3 is 14.5 Å². The number of nitrogens with zero attached hydrogens (tertiary/aromatic N) is 2. The first-order valence-corrected chi connectivity index (χ1v) is 8.47. The molecule has 5 nitrogen and oxygen atoms in total. The van der Waals surface area contributed by atoms with Gasteiger partial charge in [0.2, 0.25) is 11.8 Å². The molecule has 0 unspecified atom stereocenters. The van der Waals surface area contributed by atoms with Gasteiger partial charge in [-0.3, -0.25) is 9.59 Å². The van der Waals surface area contributed by atoms with E-state index in [1.165, 1.54) is 0 Å². The molecule has 3 fully saturated rings. The number of fused-ring (bicyclic) bond motifs is 1. The fourth-order valence-electron chi connectivity index (χ4n) is 4.08. The van der Waals surface area contributed by atoms with Crippen LogP contribution in [0, 0.1) is 17.8 Å². The van der Waals surface area contributed by atoms with Crippen LogP contribution in [0.4, 0.5) is 5.69 Å². The van der Waals surface area contributed by atoms with Crippen LogP contribution in [0.15, 0.2) is 30.3 Å². The zero-order chi connectivity index (χ0) is 15.8. The Morgan fingerprint density at radius 1 is 1.04 bits per heavy atom. The highest BCUT2D eigenvalue weighted by Crippen LogP contribution is 2.36. The van der Waals surface area contributed by atoms with E-state index >= 15 is 0 Å². The normalized spacial score (nSPS) is 28.3. The topological polar surface area (TPSA) is 49.9 Å². The molecule has 0 N–H and O–H groups in total. The van der Waals surface area contributed by atoms with Crippen molar-refractivity contribution in [3.8, 4) is 0 Å². The molecule has 0 bridgehead atoms. The molecule has 1 aromatic carbocycles. The average Bonchev–Trinajstić information content (AvgIpc) is 3.16. The number of likely N-dealkylation sites (tertiary alicyclic amines) is 1. The maximum absolute atomic E-state index is 12.7. The highest BCUT2D eigenvalue weighted by molar-refractivity contribution is 5.98. The Kier molecular flexibility index (Phi) is 3.81. The van der Waals surface area contributed by atoms with Gasteiger partial charge in [-0.25, -0.2) is 0 Å². The van der Waals surface area contributed by atoms with Gasteiger partial charge in [0, 0.05) is 50.4 Å². The Bertz CT molecular complexity index is 598. The lowest BCUT2D eigenvalue weighted by molar-refractivity contribution is -0.137. The first kappa shape index (κ1) is 14.7. The fraction of sp³-hybridized carbons (Fsp3) is 0.556. The molecule has 2 amide bonds. The zero-order valence-electron chi connectivity index (χ0n) is 13.2. The van der Waals surface area contributed by atoms with E-state index in [2.05, 4.69) is 0 Å². The number of hydrogen-bond acceptors (Lipinski definition) is 3. The molecular formula is C18H22N2O3. The zero-order valence-corrected chi connectivity index (χ0v) is 13.2. The largest absolute Gasteiger partial charge is 0.381 e. The monoisotopic (exact) mass is 314 g/mol. The van der Waals surface area contributed by atoms with Gasteiger partial charge in [-0.05, 0) is 25.0 Å². The van der Waals surface area contributed by atoms with Crippen LogP contribution in [0.1, 0.15) is 12.8 Å². The van der Waals surface area contributed by atoms with Crippen LogP contribution in [0.2, 0.25) is 0 Å². The third kappa shape index (κ3) is 2.63. The van der Waals surface area contributed by atoms with Gasteiger partial charge in [0.15, 0.2) is 0 Å². The van der Waals surface area contributed by atoms with Crippen molar-refractivity contribution < 1.29 is 14.3 Å². The molecule has 122 valence electrons. The molecular weight excluding hydrogens is 292 g/mol.